The van der Waals surface area contributed by atoms with Gasteiger partial charge in [0.05, 0.1) is 6.61 Å². The van der Waals surface area contributed by atoms with Crippen LogP contribution < -0.4 is 10.5 Å². The van der Waals surface area contributed by atoms with Crippen molar-refractivity contribution in [2.75, 3.05) is 13.2 Å². The molecule has 0 radical (unpaired) electrons. The maximum atomic E-state index is 5.98. The summed E-state index contributed by atoms with van der Waals surface area (Å²) in [4.78, 5) is 0. The van der Waals surface area contributed by atoms with E-state index in [1.165, 1.54) is 30.4 Å². The van der Waals surface area contributed by atoms with Crippen LogP contribution in [0.25, 0.3) is 0 Å². The van der Waals surface area contributed by atoms with Crippen LogP contribution >= 0.6 is 0 Å². The van der Waals surface area contributed by atoms with Gasteiger partial charge < -0.3 is 10.5 Å². The number of rotatable bonds is 4. The van der Waals surface area contributed by atoms with Gasteiger partial charge in [-0.25, -0.2) is 0 Å². The first-order valence-electron chi connectivity index (χ1n) is 6.56. The zero-order chi connectivity index (χ0) is 12.3. The molecule has 0 heterocycles. The number of aryl methyl sites for hydroxylation is 1. The van der Waals surface area contributed by atoms with E-state index in [1.54, 1.807) is 0 Å². The Balaban J connectivity index is 2.11. The molecule has 2 nitrogen and oxygen atoms in total. The summed E-state index contributed by atoms with van der Waals surface area (Å²) in [6, 6.07) is 6.43. The third kappa shape index (κ3) is 3.01. The fraction of sp³-hybridized carbons (Fsp3) is 0.600. The van der Waals surface area contributed by atoms with E-state index in [-0.39, 0.29) is 5.41 Å². The lowest BCUT2D eigenvalue weighted by atomic mass is 9.91. The van der Waals surface area contributed by atoms with E-state index >= 15 is 0 Å². The topological polar surface area (TPSA) is 35.2 Å². The van der Waals surface area contributed by atoms with Gasteiger partial charge in [0.25, 0.3) is 0 Å². The van der Waals surface area contributed by atoms with E-state index in [1.807, 2.05) is 0 Å². The van der Waals surface area contributed by atoms with Crippen molar-refractivity contribution in [1.82, 2.24) is 0 Å². The van der Waals surface area contributed by atoms with Crippen molar-refractivity contribution in [2.45, 2.75) is 39.5 Å². The van der Waals surface area contributed by atoms with E-state index in [0.717, 1.165) is 12.2 Å². The molecule has 0 aliphatic heterocycles. The lowest BCUT2D eigenvalue weighted by Crippen LogP contribution is -2.30. The van der Waals surface area contributed by atoms with Crippen LogP contribution in [0.15, 0.2) is 18.2 Å². The fourth-order valence-electron chi connectivity index (χ4n) is 2.21. The summed E-state index contributed by atoms with van der Waals surface area (Å²) in [6.07, 6.45) is 4.96. The minimum atomic E-state index is 0.0530. The van der Waals surface area contributed by atoms with Gasteiger partial charge >= 0.3 is 0 Å². The van der Waals surface area contributed by atoms with Gasteiger partial charge in [0, 0.05) is 12.0 Å². The Morgan fingerprint density at radius 2 is 2.00 bits per heavy atom. The van der Waals surface area contributed by atoms with Gasteiger partial charge in [-0.3, -0.25) is 0 Å². The second kappa shape index (κ2) is 5.09. The largest absolute Gasteiger partial charge is 0.493 e. The normalized spacial score (nSPS) is 15.5. The van der Waals surface area contributed by atoms with Crippen LogP contribution in [0.4, 0.5) is 0 Å². The molecule has 0 atom stereocenters. The van der Waals surface area contributed by atoms with E-state index in [0.29, 0.717) is 13.2 Å². The average molecular weight is 233 g/mol. The summed E-state index contributed by atoms with van der Waals surface area (Å²) in [6.45, 7) is 5.63. The molecule has 0 unspecified atom stereocenters. The maximum absolute atomic E-state index is 5.98. The van der Waals surface area contributed by atoms with E-state index < -0.39 is 0 Å². The molecule has 0 amide bonds. The number of benzene rings is 1. The summed E-state index contributed by atoms with van der Waals surface area (Å²) < 4.78 is 5.98. The zero-order valence-electron chi connectivity index (χ0n) is 11.0. The molecule has 0 saturated heterocycles. The van der Waals surface area contributed by atoms with Crippen LogP contribution in [0, 0.1) is 5.41 Å². The quantitative estimate of drug-likeness (QED) is 0.868. The predicted octanol–water partition coefficient (Wildman–Crippen LogP) is 2.93. The number of fused-ring (bicyclic) bond motifs is 1. The highest BCUT2D eigenvalue weighted by Gasteiger charge is 2.19. The molecule has 0 spiro atoms. The molecule has 2 heteroatoms. The van der Waals surface area contributed by atoms with Gasteiger partial charge in [-0.15, -0.1) is 0 Å². The average Bonchev–Trinajstić information content (AvgIpc) is 2.36. The molecule has 1 aromatic rings. The second-order valence-electron chi connectivity index (χ2n) is 5.76. The highest BCUT2D eigenvalue weighted by molar-refractivity contribution is 5.41. The number of nitrogens with two attached hydrogens (primary N) is 1. The molecule has 17 heavy (non-hydrogen) atoms. The number of hydrogen-bond acceptors (Lipinski definition) is 2. The Kier molecular flexibility index (Phi) is 3.72. The van der Waals surface area contributed by atoms with Crippen molar-refractivity contribution < 1.29 is 4.74 Å². The Bertz CT molecular complexity index is 385. The minimum absolute atomic E-state index is 0.0530. The molecule has 0 bridgehead atoms. The lowest BCUT2D eigenvalue weighted by molar-refractivity contribution is 0.185. The standard InChI is InChI=1S/C15H23NO/c1-15(2,10-16)11-17-14-9-5-7-12-6-3-4-8-13(12)14/h5,7,9H,3-4,6,8,10-11,16H2,1-2H3. The van der Waals surface area contributed by atoms with Crippen molar-refractivity contribution in [3.63, 3.8) is 0 Å². The molecular weight excluding hydrogens is 210 g/mol. The monoisotopic (exact) mass is 233 g/mol. The van der Waals surface area contributed by atoms with Crippen LogP contribution in [-0.2, 0) is 12.8 Å². The van der Waals surface area contributed by atoms with Crippen LogP contribution in [0.2, 0.25) is 0 Å². The SMILES string of the molecule is CC(C)(CN)COc1cccc2c1CCCC2. The molecule has 2 N–H and O–H groups in total. The van der Waals surface area contributed by atoms with Gasteiger partial charge in [-0.2, -0.15) is 0 Å². The number of ether oxygens (including phenoxy) is 1. The summed E-state index contributed by atoms with van der Waals surface area (Å²) in [5.74, 6) is 1.07. The van der Waals surface area contributed by atoms with Gasteiger partial charge in [-0.1, -0.05) is 26.0 Å². The van der Waals surface area contributed by atoms with Gasteiger partial charge in [0.1, 0.15) is 5.75 Å². The minimum Gasteiger partial charge on any atom is -0.493 e. The first kappa shape index (κ1) is 12.4. The highest BCUT2D eigenvalue weighted by atomic mass is 16.5. The molecule has 0 aromatic heterocycles. The molecule has 2 rings (SSSR count). The molecule has 1 aliphatic carbocycles. The van der Waals surface area contributed by atoms with Crippen LogP contribution in [0.1, 0.15) is 37.8 Å². The van der Waals surface area contributed by atoms with Crippen molar-refractivity contribution >= 4 is 0 Å². The van der Waals surface area contributed by atoms with Gasteiger partial charge in [0.15, 0.2) is 0 Å². The van der Waals surface area contributed by atoms with Gasteiger partial charge in [-0.05, 0) is 42.9 Å². The second-order valence-corrected chi connectivity index (χ2v) is 5.76. The smallest absolute Gasteiger partial charge is 0.122 e. The molecule has 0 fully saturated rings. The summed E-state index contributed by atoms with van der Waals surface area (Å²) in [5, 5.41) is 0. The molecule has 1 aliphatic rings. The molecule has 0 saturated carbocycles. The summed E-state index contributed by atoms with van der Waals surface area (Å²) in [7, 11) is 0. The third-order valence-electron chi connectivity index (χ3n) is 3.52. The maximum Gasteiger partial charge on any atom is 0.122 e. The van der Waals surface area contributed by atoms with E-state index in [4.69, 9.17) is 10.5 Å². The summed E-state index contributed by atoms with van der Waals surface area (Å²) >= 11 is 0. The van der Waals surface area contributed by atoms with Crippen molar-refractivity contribution in [3.05, 3.63) is 29.3 Å². The Hall–Kier alpha value is -1.02. The van der Waals surface area contributed by atoms with Crippen molar-refractivity contribution in [1.29, 1.82) is 0 Å². The Morgan fingerprint density at radius 3 is 2.76 bits per heavy atom. The Labute approximate surface area is 104 Å². The lowest BCUT2D eigenvalue weighted by Gasteiger charge is -2.25. The van der Waals surface area contributed by atoms with Crippen molar-refractivity contribution in [2.24, 2.45) is 11.1 Å². The first-order chi connectivity index (χ1) is 8.12. The van der Waals surface area contributed by atoms with Gasteiger partial charge in [0.2, 0.25) is 0 Å². The van der Waals surface area contributed by atoms with E-state index in [2.05, 4.69) is 32.0 Å². The highest BCUT2D eigenvalue weighted by Crippen LogP contribution is 2.30. The zero-order valence-corrected chi connectivity index (χ0v) is 11.0. The van der Waals surface area contributed by atoms with Crippen LogP contribution in [0.5, 0.6) is 5.75 Å². The first-order valence-corrected chi connectivity index (χ1v) is 6.56. The summed E-state index contributed by atoms with van der Waals surface area (Å²) in [5.41, 5.74) is 8.68. The number of hydrogen-bond donors (Lipinski definition) is 1. The van der Waals surface area contributed by atoms with Crippen molar-refractivity contribution in [3.8, 4) is 5.75 Å². The third-order valence-corrected chi connectivity index (χ3v) is 3.52. The van der Waals surface area contributed by atoms with Crippen LogP contribution in [-0.4, -0.2) is 13.2 Å². The predicted molar refractivity (Wildman–Crippen MR) is 71.4 cm³/mol. The molecular formula is C15H23NO. The molecule has 94 valence electrons. The van der Waals surface area contributed by atoms with E-state index in [9.17, 15) is 0 Å². The fourth-order valence-corrected chi connectivity index (χ4v) is 2.21. The van der Waals surface area contributed by atoms with Crippen LogP contribution in [0.3, 0.4) is 0 Å². The Morgan fingerprint density at radius 1 is 1.24 bits per heavy atom. The molecule has 1 aromatic carbocycles.